The number of carboxylic acid groups (broad SMARTS) is 1. The molecule has 0 saturated carbocycles. The van der Waals surface area contributed by atoms with E-state index in [-0.39, 0.29) is 32.2 Å². The number of unbranched alkanes of at least 4 members (excludes halogenated alkanes) is 29. The Kier molecular flexibility index (Phi) is 51.0. The molecule has 1 N–H and O–H groups in total. The largest absolute Gasteiger partial charge is 0.477 e. The van der Waals surface area contributed by atoms with Gasteiger partial charge in [0.1, 0.15) is 13.2 Å². The Labute approximate surface area is 437 Å². The summed E-state index contributed by atoms with van der Waals surface area (Å²) in [6.45, 7) is 4.77. The van der Waals surface area contributed by atoms with Gasteiger partial charge in [0.15, 0.2) is 6.10 Å². The summed E-state index contributed by atoms with van der Waals surface area (Å²) in [6.07, 6.45) is 64.6. The van der Waals surface area contributed by atoms with Crippen LogP contribution in [0.3, 0.4) is 0 Å². The lowest BCUT2D eigenvalue weighted by Gasteiger charge is -2.25. The highest BCUT2D eigenvalue weighted by Crippen LogP contribution is 2.17. The Balaban J connectivity index is 4.01. The number of carboxylic acids is 1. The fourth-order valence-corrected chi connectivity index (χ4v) is 8.28. The molecular weight excluding hydrogens is 887 g/mol. The van der Waals surface area contributed by atoms with E-state index in [0.717, 1.165) is 70.6 Å². The molecule has 0 amide bonds. The summed E-state index contributed by atoms with van der Waals surface area (Å²) in [7, 11) is 5.97. The lowest BCUT2D eigenvalue weighted by molar-refractivity contribution is -0.870. The third-order valence-electron chi connectivity index (χ3n) is 12.8. The van der Waals surface area contributed by atoms with Crippen LogP contribution in [0.4, 0.5) is 0 Å². The monoisotopic (exact) mass is 999 g/mol. The Hall–Kier alpha value is -3.01. The summed E-state index contributed by atoms with van der Waals surface area (Å²) in [5, 5.41) is 9.68. The molecular formula is C62H112NO8+. The maximum absolute atomic E-state index is 12.8. The first-order valence-corrected chi connectivity index (χ1v) is 29.5. The molecule has 0 aromatic rings. The molecule has 0 aliphatic rings. The van der Waals surface area contributed by atoms with Crippen molar-refractivity contribution in [1.82, 2.24) is 0 Å². The zero-order chi connectivity index (χ0) is 52.0. The van der Waals surface area contributed by atoms with Crippen molar-refractivity contribution < 1.29 is 42.9 Å². The first-order chi connectivity index (χ1) is 34.6. The maximum Gasteiger partial charge on any atom is 0.361 e. The number of ether oxygens (including phenoxy) is 4. The molecule has 0 aromatic heterocycles. The van der Waals surface area contributed by atoms with Crippen molar-refractivity contribution in [3.05, 3.63) is 60.8 Å². The molecule has 0 aliphatic heterocycles. The van der Waals surface area contributed by atoms with E-state index in [1.54, 1.807) is 0 Å². The van der Waals surface area contributed by atoms with E-state index < -0.39 is 24.3 Å². The molecule has 2 atom stereocenters. The molecule has 2 unspecified atom stereocenters. The predicted octanol–water partition coefficient (Wildman–Crippen LogP) is 17.2. The normalized spacial score (nSPS) is 13.2. The molecule has 9 heteroatoms. The number of aliphatic carboxylic acids is 1. The van der Waals surface area contributed by atoms with Crippen molar-refractivity contribution in [3.8, 4) is 0 Å². The van der Waals surface area contributed by atoms with Crippen LogP contribution in [-0.2, 0) is 33.3 Å². The molecule has 0 spiro atoms. The lowest BCUT2D eigenvalue weighted by Crippen LogP contribution is -2.40. The minimum atomic E-state index is -1.51. The van der Waals surface area contributed by atoms with Gasteiger partial charge in [0, 0.05) is 12.8 Å². The van der Waals surface area contributed by atoms with Crippen molar-refractivity contribution in [2.24, 2.45) is 0 Å². The molecule has 0 heterocycles. The van der Waals surface area contributed by atoms with Crippen LogP contribution in [0.15, 0.2) is 60.8 Å². The molecule has 0 aliphatic carbocycles. The number of likely N-dealkylation sites (N-methyl/N-ethyl adjacent to an activating group) is 1. The van der Waals surface area contributed by atoms with Gasteiger partial charge in [-0.15, -0.1) is 0 Å². The van der Waals surface area contributed by atoms with Gasteiger partial charge in [0.05, 0.1) is 34.4 Å². The lowest BCUT2D eigenvalue weighted by atomic mass is 10.0. The SMILES string of the molecule is CC/C=C\C/C=C\C/C=C\C/C=C\C/C=C\CCCCCCCCCCCCCCCCCCCCCC(=O)OC(COC(=O)CCCCCCCCCCCCC)COC(OCC[N+](C)(C)C)C(=O)O. The number of esters is 2. The van der Waals surface area contributed by atoms with Gasteiger partial charge in [-0.3, -0.25) is 9.59 Å². The summed E-state index contributed by atoms with van der Waals surface area (Å²) >= 11 is 0. The van der Waals surface area contributed by atoms with Gasteiger partial charge >= 0.3 is 17.9 Å². The number of carbonyl (C=O) groups is 3. The summed E-state index contributed by atoms with van der Waals surface area (Å²) < 4.78 is 22.8. The van der Waals surface area contributed by atoms with Crippen molar-refractivity contribution in [1.29, 1.82) is 0 Å². The van der Waals surface area contributed by atoms with Crippen LogP contribution in [0, 0.1) is 0 Å². The fourth-order valence-electron chi connectivity index (χ4n) is 8.28. The third-order valence-corrected chi connectivity index (χ3v) is 12.8. The highest BCUT2D eigenvalue weighted by molar-refractivity contribution is 5.71. The number of hydrogen-bond donors (Lipinski definition) is 1. The van der Waals surface area contributed by atoms with E-state index in [9.17, 15) is 19.5 Å². The fraction of sp³-hybridized carbons (Fsp3) is 0.790. The zero-order valence-electron chi connectivity index (χ0n) is 46.9. The van der Waals surface area contributed by atoms with Gasteiger partial charge in [-0.2, -0.15) is 0 Å². The summed E-state index contributed by atoms with van der Waals surface area (Å²) in [5.74, 6) is -1.99. The average Bonchev–Trinajstić information content (AvgIpc) is 3.34. The number of quaternary nitrogens is 1. The Bertz CT molecular complexity index is 1350. The first-order valence-electron chi connectivity index (χ1n) is 29.5. The molecule has 0 aromatic carbocycles. The molecule has 0 rings (SSSR count). The second kappa shape index (κ2) is 53.3. The minimum absolute atomic E-state index is 0.178. The van der Waals surface area contributed by atoms with Gasteiger partial charge in [0.2, 0.25) is 0 Å². The van der Waals surface area contributed by atoms with Crippen molar-refractivity contribution >= 4 is 17.9 Å². The van der Waals surface area contributed by atoms with E-state index in [2.05, 4.69) is 74.6 Å². The highest BCUT2D eigenvalue weighted by Gasteiger charge is 2.25. The Morgan fingerprint density at radius 3 is 1.20 bits per heavy atom. The number of carbonyl (C=O) groups excluding carboxylic acids is 2. The van der Waals surface area contributed by atoms with E-state index in [0.29, 0.717) is 17.4 Å². The van der Waals surface area contributed by atoms with Crippen LogP contribution < -0.4 is 0 Å². The Morgan fingerprint density at radius 2 is 0.803 bits per heavy atom. The molecule has 412 valence electrons. The van der Waals surface area contributed by atoms with E-state index >= 15 is 0 Å². The molecule has 0 saturated heterocycles. The molecule has 71 heavy (non-hydrogen) atoms. The van der Waals surface area contributed by atoms with E-state index in [1.807, 2.05) is 21.1 Å². The molecule has 0 bridgehead atoms. The second-order valence-electron chi connectivity index (χ2n) is 20.9. The average molecular weight is 1000 g/mol. The van der Waals surface area contributed by atoms with E-state index in [4.69, 9.17) is 18.9 Å². The van der Waals surface area contributed by atoms with Crippen molar-refractivity contribution in [2.45, 2.75) is 270 Å². The van der Waals surface area contributed by atoms with Gasteiger partial charge < -0.3 is 28.5 Å². The molecule has 0 fully saturated rings. The predicted molar refractivity (Wildman–Crippen MR) is 300 cm³/mol. The maximum atomic E-state index is 12.8. The zero-order valence-corrected chi connectivity index (χ0v) is 46.9. The van der Waals surface area contributed by atoms with Crippen LogP contribution in [0.5, 0.6) is 0 Å². The van der Waals surface area contributed by atoms with Crippen LogP contribution >= 0.6 is 0 Å². The summed E-state index contributed by atoms with van der Waals surface area (Å²) in [5.41, 5.74) is 0. The minimum Gasteiger partial charge on any atom is -0.477 e. The number of nitrogens with zero attached hydrogens (tertiary/aromatic N) is 1. The second-order valence-corrected chi connectivity index (χ2v) is 20.9. The van der Waals surface area contributed by atoms with Gasteiger partial charge in [-0.1, -0.05) is 248 Å². The standard InChI is InChI=1S/C62H111NO8/c1-6-8-10-12-14-16-18-19-20-21-22-23-24-25-26-27-28-29-30-31-32-33-34-35-36-37-38-39-40-41-43-45-47-49-51-53-60(65)71-58(57-70-62(61(66)67)68-55-54-63(3,4)5)56-69-59(64)52-50-48-46-44-42-17-15-13-11-9-7-2/h8,10,14,16,19-20,22-23,25-26,58,62H,6-7,9,11-13,15,17-18,21,24,27-57H2,1-5H3/p+1/b10-8-,16-14-,20-19-,23-22-,26-25-. The van der Waals surface area contributed by atoms with Gasteiger partial charge in [-0.25, -0.2) is 4.79 Å². The number of allylic oxidation sites excluding steroid dienone is 10. The van der Waals surface area contributed by atoms with Crippen LogP contribution in [0.1, 0.15) is 258 Å². The van der Waals surface area contributed by atoms with Crippen molar-refractivity contribution in [2.75, 3.05) is 47.5 Å². The topological polar surface area (TPSA) is 108 Å². The van der Waals surface area contributed by atoms with Gasteiger partial charge in [0.25, 0.3) is 6.29 Å². The quantitative estimate of drug-likeness (QED) is 0.0211. The highest BCUT2D eigenvalue weighted by atomic mass is 16.7. The van der Waals surface area contributed by atoms with E-state index in [1.165, 1.54) is 161 Å². The molecule has 9 nitrogen and oxygen atoms in total. The van der Waals surface area contributed by atoms with Crippen LogP contribution in [0.2, 0.25) is 0 Å². The summed E-state index contributed by atoms with van der Waals surface area (Å²) in [4.78, 5) is 37.3. The number of hydrogen-bond acceptors (Lipinski definition) is 7. The van der Waals surface area contributed by atoms with Crippen molar-refractivity contribution in [3.63, 3.8) is 0 Å². The first kappa shape index (κ1) is 68.0. The summed E-state index contributed by atoms with van der Waals surface area (Å²) in [6, 6.07) is 0. The van der Waals surface area contributed by atoms with Crippen LogP contribution in [-0.4, -0.2) is 87.4 Å². The third kappa shape index (κ3) is 54.6. The molecule has 0 radical (unpaired) electrons. The van der Waals surface area contributed by atoms with Gasteiger partial charge in [-0.05, 0) is 57.8 Å². The number of rotatable bonds is 54. The smallest absolute Gasteiger partial charge is 0.361 e. The Morgan fingerprint density at radius 1 is 0.437 bits per heavy atom. The van der Waals surface area contributed by atoms with Crippen LogP contribution in [0.25, 0.3) is 0 Å².